The standard InChI is InChI=1S/C13H16N4O/c1-2-8-4-3-5-9(6-8)7-10-11(13(15)18)12(14)17-16-10/h3-6H,2,7H2,1H3,(H2,15,18)(H3,14,16,17). The second kappa shape index (κ2) is 4.91. The van der Waals surface area contributed by atoms with Crippen LogP contribution in [0.3, 0.4) is 0 Å². The molecule has 5 nitrogen and oxygen atoms in total. The molecular formula is C13H16N4O. The predicted molar refractivity (Wildman–Crippen MR) is 70.1 cm³/mol. The molecule has 0 fully saturated rings. The summed E-state index contributed by atoms with van der Waals surface area (Å²) in [7, 11) is 0. The number of primary amides is 1. The van der Waals surface area contributed by atoms with Crippen molar-refractivity contribution >= 4 is 11.7 Å². The summed E-state index contributed by atoms with van der Waals surface area (Å²) in [6.45, 7) is 2.10. The van der Waals surface area contributed by atoms with Crippen molar-refractivity contribution in [2.24, 2.45) is 5.73 Å². The highest BCUT2D eigenvalue weighted by molar-refractivity contribution is 5.98. The summed E-state index contributed by atoms with van der Waals surface area (Å²) in [5, 5.41) is 6.59. The summed E-state index contributed by atoms with van der Waals surface area (Å²) in [5.41, 5.74) is 14.2. The van der Waals surface area contributed by atoms with E-state index >= 15 is 0 Å². The van der Waals surface area contributed by atoms with Crippen LogP contribution in [-0.2, 0) is 12.8 Å². The molecule has 0 saturated heterocycles. The molecule has 18 heavy (non-hydrogen) atoms. The molecule has 0 unspecified atom stereocenters. The Hall–Kier alpha value is -2.30. The molecule has 0 aliphatic carbocycles. The molecule has 5 N–H and O–H groups in total. The van der Waals surface area contributed by atoms with E-state index in [0.29, 0.717) is 12.1 Å². The molecule has 1 aromatic carbocycles. The highest BCUT2D eigenvalue weighted by Gasteiger charge is 2.16. The largest absolute Gasteiger partial charge is 0.382 e. The molecule has 0 radical (unpaired) electrons. The topological polar surface area (TPSA) is 97.8 Å². The number of anilines is 1. The second-order valence-electron chi connectivity index (χ2n) is 4.18. The Bertz CT molecular complexity index is 574. The minimum atomic E-state index is -0.553. The maximum absolute atomic E-state index is 11.3. The average Bonchev–Trinajstić information content (AvgIpc) is 2.70. The molecule has 1 amide bonds. The summed E-state index contributed by atoms with van der Waals surface area (Å²) >= 11 is 0. The summed E-state index contributed by atoms with van der Waals surface area (Å²) in [4.78, 5) is 11.3. The Morgan fingerprint density at radius 2 is 2.11 bits per heavy atom. The molecule has 5 heteroatoms. The van der Waals surface area contributed by atoms with E-state index in [1.165, 1.54) is 5.56 Å². The van der Waals surface area contributed by atoms with Gasteiger partial charge in [0.2, 0.25) is 0 Å². The van der Waals surface area contributed by atoms with Crippen LogP contribution in [0.25, 0.3) is 0 Å². The number of nitrogens with two attached hydrogens (primary N) is 2. The number of aryl methyl sites for hydroxylation is 1. The summed E-state index contributed by atoms with van der Waals surface area (Å²) < 4.78 is 0. The Morgan fingerprint density at radius 3 is 2.78 bits per heavy atom. The summed E-state index contributed by atoms with van der Waals surface area (Å²) in [6, 6.07) is 8.17. The van der Waals surface area contributed by atoms with Crippen LogP contribution in [0.4, 0.5) is 5.82 Å². The third-order valence-corrected chi connectivity index (χ3v) is 2.90. The Labute approximate surface area is 105 Å². The van der Waals surface area contributed by atoms with Crippen molar-refractivity contribution < 1.29 is 4.79 Å². The van der Waals surface area contributed by atoms with E-state index in [2.05, 4.69) is 29.3 Å². The highest BCUT2D eigenvalue weighted by atomic mass is 16.1. The molecule has 0 aliphatic heterocycles. The lowest BCUT2D eigenvalue weighted by Gasteiger charge is -2.03. The number of carbonyl (C=O) groups is 1. The number of rotatable bonds is 4. The fourth-order valence-electron chi connectivity index (χ4n) is 1.96. The molecule has 1 heterocycles. The van der Waals surface area contributed by atoms with Crippen LogP contribution in [-0.4, -0.2) is 16.1 Å². The molecule has 0 aliphatic rings. The van der Waals surface area contributed by atoms with Crippen LogP contribution in [0.1, 0.15) is 34.1 Å². The zero-order valence-electron chi connectivity index (χ0n) is 10.2. The van der Waals surface area contributed by atoms with E-state index in [4.69, 9.17) is 11.5 Å². The van der Waals surface area contributed by atoms with E-state index in [0.717, 1.165) is 12.0 Å². The van der Waals surface area contributed by atoms with E-state index in [1.54, 1.807) is 0 Å². The number of nitrogen functional groups attached to an aromatic ring is 1. The van der Waals surface area contributed by atoms with Gasteiger partial charge in [0.15, 0.2) is 5.82 Å². The van der Waals surface area contributed by atoms with Crippen molar-refractivity contribution in [2.45, 2.75) is 19.8 Å². The van der Waals surface area contributed by atoms with Gasteiger partial charge in [-0.3, -0.25) is 9.89 Å². The fraction of sp³-hybridized carbons (Fsp3) is 0.231. The minimum absolute atomic E-state index is 0.157. The first-order valence-corrected chi connectivity index (χ1v) is 5.82. The van der Waals surface area contributed by atoms with Crippen LogP contribution < -0.4 is 11.5 Å². The Kier molecular flexibility index (Phi) is 3.32. The number of aromatic nitrogens is 2. The third-order valence-electron chi connectivity index (χ3n) is 2.90. The second-order valence-corrected chi connectivity index (χ2v) is 4.18. The van der Waals surface area contributed by atoms with Crippen LogP contribution in [0.2, 0.25) is 0 Å². The lowest BCUT2D eigenvalue weighted by atomic mass is 10.0. The number of nitrogens with zero attached hydrogens (tertiary/aromatic N) is 1. The predicted octanol–water partition coefficient (Wildman–Crippen LogP) is 1.24. The van der Waals surface area contributed by atoms with Gasteiger partial charge >= 0.3 is 0 Å². The van der Waals surface area contributed by atoms with E-state index < -0.39 is 5.91 Å². The normalized spacial score (nSPS) is 10.5. The summed E-state index contributed by atoms with van der Waals surface area (Å²) in [5.74, 6) is -0.396. The van der Waals surface area contributed by atoms with Crippen molar-refractivity contribution in [3.05, 3.63) is 46.6 Å². The lowest BCUT2D eigenvalue weighted by Crippen LogP contribution is -2.14. The van der Waals surface area contributed by atoms with Gasteiger partial charge in [-0.15, -0.1) is 0 Å². The maximum Gasteiger partial charge on any atom is 0.254 e. The van der Waals surface area contributed by atoms with Crippen molar-refractivity contribution in [3.63, 3.8) is 0 Å². The van der Waals surface area contributed by atoms with Crippen LogP contribution >= 0.6 is 0 Å². The van der Waals surface area contributed by atoms with Gasteiger partial charge in [0, 0.05) is 6.42 Å². The van der Waals surface area contributed by atoms with Gasteiger partial charge < -0.3 is 11.5 Å². The van der Waals surface area contributed by atoms with Gasteiger partial charge in [-0.2, -0.15) is 5.10 Å². The van der Waals surface area contributed by atoms with Gasteiger partial charge in [-0.1, -0.05) is 31.2 Å². The van der Waals surface area contributed by atoms with Crippen LogP contribution in [0, 0.1) is 0 Å². The quantitative estimate of drug-likeness (QED) is 0.754. The number of aromatic amines is 1. The molecule has 0 spiro atoms. The molecule has 0 bridgehead atoms. The van der Waals surface area contributed by atoms with Gasteiger partial charge in [0.05, 0.1) is 5.69 Å². The summed E-state index contributed by atoms with van der Waals surface area (Å²) in [6.07, 6.45) is 1.54. The molecule has 94 valence electrons. The zero-order chi connectivity index (χ0) is 13.1. The number of carbonyl (C=O) groups excluding carboxylic acids is 1. The van der Waals surface area contributed by atoms with Gasteiger partial charge in [-0.05, 0) is 17.5 Å². The molecule has 1 aromatic heterocycles. The van der Waals surface area contributed by atoms with Gasteiger partial charge in [0.1, 0.15) is 5.56 Å². The van der Waals surface area contributed by atoms with E-state index in [-0.39, 0.29) is 11.4 Å². The first kappa shape index (κ1) is 12.2. The Morgan fingerprint density at radius 1 is 1.39 bits per heavy atom. The van der Waals surface area contributed by atoms with Gasteiger partial charge in [0.25, 0.3) is 5.91 Å². The number of benzene rings is 1. The average molecular weight is 244 g/mol. The fourth-order valence-corrected chi connectivity index (χ4v) is 1.96. The minimum Gasteiger partial charge on any atom is -0.382 e. The Balaban J connectivity index is 2.31. The van der Waals surface area contributed by atoms with E-state index in [9.17, 15) is 4.79 Å². The highest BCUT2D eigenvalue weighted by Crippen LogP contribution is 2.17. The number of hydrogen-bond acceptors (Lipinski definition) is 3. The van der Waals surface area contributed by atoms with Crippen molar-refractivity contribution in [3.8, 4) is 0 Å². The van der Waals surface area contributed by atoms with Crippen molar-refractivity contribution in [1.82, 2.24) is 10.2 Å². The van der Waals surface area contributed by atoms with Crippen LogP contribution in [0.15, 0.2) is 24.3 Å². The number of hydrogen-bond donors (Lipinski definition) is 3. The SMILES string of the molecule is CCc1cccc(Cc2[nH]nc(N)c2C(N)=O)c1. The van der Waals surface area contributed by atoms with Gasteiger partial charge in [-0.25, -0.2) is 0 Å². The maximum atomic E-state index is 11.3. The monoisotopic (exact) mass is 244 g/mol. The number of amides is 1. The van der Waals surface area contributed by atoms with E-state index in [1.807, 2.05) is 12.1 Å². The first-order valence-electron chi connectivity index (χ1n) is 5.82. The lowest BCUT2D eigenvalue weighted by molar-refractivity contribution is 0.100. The molecule has 0 atom stereocenters. The molecule has 0 saturated carbocycles. The zero-order valence-corrected chi connectivity index (χ0v) is 10.2. The smallest absolute Gasteiger partial charge is 0.254 e. The van der Waals surface area contributed by atoms with Crippen molar-refractivity contribution in [2.75, 3.05) is 5.73 Å². The number of H-pyrrole nitrogens is 1. The van der Waals surface area contributed by atoms with Crippen LogP contribution in [0.5, 0.6) is 0 Å². The molecular weight excluding hydrogens is 228 g/mol. The first-order chi connectivity index (χ1) is 8.61. The van der Waals surface area contributed by atoms with Crippen molar-refractivity contribution in [1.29, 1.82) is 0 Å². The number of nitrogens with one attached hydrogen (secondary N) is 1. The third kappa shape index (κ3) is 2.34. The molecule has 2 rings (SSSR count). The molecule has 2 aromatic rings.